The molecule has 1 aromatic carbocycles. The molecule has 0 aromatic heterocycles. The first-order valence-electron chi connectivity index (χ1n) is 6.41. The first kappa shape index (κ1) is 14.1. The monoisotopic (exact) mass is 330 g/mol. The van der Waals surface area contributed by atoms with Gasteiger partial charge in [-0.15, -0.1) is 0 Å². The quantitative estimate of drug-likeness (QED) is 0.797. The van der Waals surface area contributed by atoms with Crippen molar-refractivity contribution in [2.45, 2.75) is 42.7 Å². The van der Waals surface area contributed by atoms with Gasteiger partial charge in [0.25, 0.3) is 0 Å². The fourth-order valence-electron chi connectivity index (χ4n) is 2.57. The molecule has 0 bridgehead atoms. The summed E-state index contributed by atoms with van der Waals surface area (Å²) >= 11 is 3.61. The summed E-state index contributed by atoms with van der Waals surface area (Å²) in [5.41, 5.74) is 2.47. The van der Waals surface area contributed by atoms with Gasteiger partial charge in [-0.3, -0.25) is 0 Å². The minimum atomic E-state index is -2.90. The smallest absolute Gasteiger partial charge is 0.154 e. The van der Waals surface area contributed by atoms with Gasteiger partial charge in [0.1, 0.15) is 0 Å². The number of benzene rings is 1. The van der Waals surface area contributed by atoms with Crippen LogP contribution in [0.25, 0.3) is 0 Å². The van der Waals surface area contributed by atoms with Crippen LogP contribution < -0.4 is 0 Å². The Kier molecular flexibility index (Phi) is 4.49. The second-order valence-electron chi connectivity index (χ2n) is 5.05. The van der Waals surface area contributed by atoms with E-state index in [0.717, 1.165) is 25.7 Å². The fourth-order valence-corrected chi connectivity index (χ4v) is 6.15. The predicted octanol–water partition coefficient (Wildman–Crippen LogP) is 3.27. The van der Waals surface area contributed by atoms with Crippen molar-refractivity contribution in [1.29, 1.82) is 0 Å². The van der Waals surface area contributed by atoms with Crippen LogP contribution in [0.2, 0.25) is 0 Å². The standard InChI is InChI=1S/C14H19BrO2S/c1-11-6-2-3-7-12(11)10-13(15)14-8-4-5-9-18(14,16)17/h2-3,6-7,13-14H,4-5,8-10H2,1H3. The first-order chi connectivity index (χ1) is 8.50. The Labute approximate surface area is 118 Å². The molecule has 1 aliphatic heterocycles. The Bertz CT molecular complexity index is 510. The van der Waals surface area contributed by atoms with Crippen molar-refractivity contribution in [3.63, 3.8) is 0 Å². The largest absolute Gasteiger partial charge is 0.229 e. The van der Waals surface area contributed by atoms with Gasteiger partial charge >= 0.3 is 0 Å². The van der Waals surface area contributed by atoms with Crippen molar-refractivity contribution in [3.8, 4) is 0 Å². The van der Waals surface area contributed by atoms with E-state index in [1.807, 2.05) is 12.1 Å². The number of aryl methyl sites for hydroxylation is 1. The van der Waals surface area contributed by atoms with Gasteiger partial charge in [-0.05, 0) is 37.3 Å². The average molecular weight is 331 g/mol. The minimum Gasteiger partial charge on any atom is -0.229 e. The lowest BCUT2D eigenvalue weighted by molar-refractivity contribution is 0.533. The van der Waals surface area contributed by atoms with E-state index in [4.69, 9.17) is 0 Å². The van der Waals surface area contributed by atoms with Crippen molar-refractivity contribution in [2.24, 2.45) is 0 Å². The van der Waals surface area contributed by atoms with Crippen LogP contribution in [0, 0.1) is 6.92 Å². The van der Waals surface area contributed by atoms with Crippen LogP contribution in [0.5, 0.6) is 0 Å². The van der Waals surface area contributed by atoms with Gasteiger partial charge < -0.3 is 0 Å². The van der Waals surface area contributed by atoms with Crippen LogP contribution in [0.3, 0.4) is 0 Å². The highest BCUT2D eigenvalue weighted by Gasteiger charge is 2.34. The third-order valence-corrected chi connectivity index (χ3v) is 7.36. The van der Waals surface area contributed by atoms with Crippen LogP contribution in [0.1, 0.15) is 30.4 Å². The lowest BCUT2D eigenvalue weighted by atomic mass is 10.0. The molecule has 0 N–H and O–H groups in total. The summed E-state index contributed by atoms with van der Waals surface area (Å²) in [5, 5.41) is -0.217. The van der Waals surface area contributed by atoms with E-state index < -0.39 is 9.84 Å². The molecule has 2 atom stereocenters. The topological polar surface area (TPSA) is 34.1 Å². The maximum Gasteiger partial charge on any atom is 0.154 e. The molecule has 0 spiro atoms. The van der Waals surface area contributed by atoms with Crippen molar-refractivity contribution >= 4 is 25.8 Å². The zero-order valence-electron chi connectivity index (χ0n) is 10.6. The van der Waals surface area contributed by atoms with E-state index in [1.165, 1.54) is 11.1 Å². The Morgan fingerprint density at radius 2 is 2.06 bits per heavy atom. The summed E-state index contributed by atoms with van der Waals surface area (Å²) in [5.74, 6) is 0.355. The van der Waals surface area contributed by atoms with Crippen LogP contribution in [0.15, 0.2) is 24.3 Å². The van der Waals surface area contributed by atoms with E-state index in [1.54, 1.807) is 0 Å². The molecule has 2 unspecified atom stereocenters. The molecule has 1 aliphatic rings. The molecule has 100 valence electrons. The van der Waals surface area contributed by atoms with E-state index in [0.29, 0.717) is 5.75 Å². The molecule has 1 aromatic rings. The molecule has 0 aliphatic carbocycles. The van der Waals surface area contributed by atoms with Crippen molar-refractivity contribution < 1.29 is 8.42 Å². The number of sulfone groups is 1. The SMILES string of the molecule is Cc1ccccc1CC(Br)C1CCCCS1(=O)=O. The van der Waals surface area contributed by atoms with Gasteiger partial charge in [-0.25, -0.2) is 8.42 Å². The molecule has 4 heteroatoms. The highest BCUT2D eigenvalue weighted by atomic mass is 79.9. The van der Waals surface area contributed by atoms with Gasteiger partial charge in [-0.1, -0.05) is 46.6 Å². The molecule has 0 saturated carbocycles. The summed E-state index contributed by atoms with van der Waals surface area (Å²) in [4.78, 5) is 0.0314. The molecular weight excluding hydrogens is 312 g/mol. The van der Waals surface area contributed by atoms with Crippen LogP contribution in [-0.2, 0) is 16.3 Å². The fraction of sp³-hybridized carbons (Fsp3) is 0.571. The Morgan fingerprint density at radius 1 is 1.33 bits per heavy atom. The van der Waals surface area contributed by atoms with Crippen LogP contribution >= 0.6 is 15.9 Å². The second-order valence-corrected chi connectivity index (χ2v) is 8.56. The maximum absolute atomic E-state index is 12.1. The highest BCUT2D eigenvalue weighted by Crippen LogP contribution is 2.28. The summed E-state index contributed by atoms with van der Waals surface area (Å²) in [6.07, 6.45) is 3.43. The lowest BCUT2D eigenvalue weighted by Crippen LogP contribution is -2.36. The number of hydrogen-bond acceptors (Lipinski definition) is 2. The van der Waals surface area contributed by atoms with E-state index in [-0.39, 0.29) is 10.1 Å². The van der Waals surface area contributed by atoms with Crippen molar-refractivity contribution in [2.75, 3.05) is 5.75 Å². The van der Waals surface area contributed by atoms with Gasteiger partial charge in [-0.2, -0.15) is 0 Å². The molecule has 1 fully saturated rings. The third kappa shape index (κ3) is 3.15. The lowest BCUT2D eigenvalue weighted by Gasteiger charge is -2.26. The van der Waals surface area contributed by atoms with Gasteiger partial charge in [0, 0.05) is 4.83 Å². The van der Waals surface area contributed by atoms with E-state index >= 15 is 0 Å². The molecule has 0 radical (unpaired) electrons. The Balaban J connectivity index is 2.12. The third-order valence-electron chi connectivity index (χ3n) is 3.71. The summed E-state index contributed by atoms with van der Waals surface area (Å²) in [7, 11) is -2.90. The minimum absolute atomic E-state index is 0.0314. The van der Waals surface area contributed by atoms with E-state index in [9.17, 15) is 8.42 Å². The molecule has 1 saturated heterocycles. The second kappa shape index (κ2) is 5.74. The number of hydrogen-bond donors (Lipinski definition) is 0. The zero-order chi connectivity index (χ0) is 13.2. The molecule has 1 heterocycles. The maximum atomic E-state index is 12.1. The zero-order valence-corrected chi connectivity index (χ0v) is 13.0. The number of rotatable bonds is 3. The Hall–Kier alpha value is -0.350. The molecular formula is C14H19BrO2S. The molecule has 2 rings (SSSR count). The van der Waals surface area contributed by atoms with Gasteiger partial charge in [0.15, 0.2) is 9.84 Å². The highest BCUT2D eigenvalue weighted by molar-refractivity contribution is 9.09. The summed E-state index contributed by atoms with van der Waals surface area (Å²) in [6, 6.07) is 8.18. The molecule has 18 heavy (non-hydrogen) atoms. The summed E-state index contributed by atoms with van der Waals surface area (Å²) in [6.45, 7) is 2.07. The normalized spacial score (nSPS) is 24.7. The van der Waals surface area contributed by atoms with Crippen molar-refractivity contribution in [3.05, 3.63) is 35.4 Å². The number of halogens is 1. The van der Waals surface area contributed by atoms with Gasteiger partial charge in [0.05, 0.1) is 11.0 Å². The average Bonchev–Trinajstić information content (AvgIpc) is 2.31. The van der Waals surface area contributed by atoms with Gasteiger partial charge in [0.2, 0.25) is 0 Å². The number of alkyl halides is 1. The first-order valence-corrected chi connectivity index (χ1v) is 9.04. The Morgan fingerprint density at radius 3 is 2.72 bits per heavy atom. The van der Waals surface area contributed by atoms with E-state index in [2.05, 4.69) is 35.0 Å². The molecule has 0 amide bonds. The van der Waals surface area contributed by atoms with Crippen molar-refractivity contribution in [1.82, 2.24) is 0 Å². The van der Waals surface area contributed by atoms with Crippen LogP contribution in [-0.4, -0.2) is 24.2 Å². The summed E-state index contributed by atoms with van der Waals surface area (Å²) < 4.78 is 24.1. The predicted molar refractivity (Wildman–Crippen MR) is 79.0 cm³/mol. The van der Waals surface area contributed by atoms with Crippen LogP contribution in [0.4, 0.5) is 0 Å². The molecule has 2 nitrogen and oxygen atoms in total.